The molecule has 102 valence electrons. The Kier molecular flexibility index (Phi) is 8.72. The zero-order chi connectivity index (χ0) is 12.3. The van der Waals surface area contributed by atoms with Crippen LogP contribution in [0, 0.1) is 5.92 Å². The van der Waals surface area contributed by atoms with Gasteiger partial charge in [0.15, 0.2) is 0 Å². The van der Waals surface area contributed by atoms with Crippen molar-refractivity contribution in [3.63, 3.8) is 0 Å². The second-order valence-electron chi connectivity index (χ2n) is 5.41. The van der Waals surface area contributed by atoms with Gasteiger partial charge in [-0.25, -0.2) is 0 Å². The Balaban J connectivity index is 1.91. The number of ether oxygens (including phenoxy) is 1. The highest BCUT2D eigenvalue weighted by Gasteiger charge is 2.19. The summed E-state index contributed by atoms with van der Waals surface area (Å²) in [5.74, 6) is 0.974. The lowest BCUT2D eigenvalue weighted by atomic mass is 9.84. The van der Waals surface area contributed by atoms with E-state index in [4.69, 9.17) is 4.74 Å². The number of hydrogen-bond acceptors (Lipinski definition) is 2. The van der Waals surface area contributed by atoms with E-state index in [1.165, 1.54) is 44.9 Å². The molecule has 0 aromatic rings. The summed E-state index contributed by atoms with van der Waals surface area (Å²) < 4.78 is 5.57. The lowest BCUT2D eigenvalue weighted by Crippen LogP contribution is -2.35. The van der Waals surface area contributed by atoms with E-state index in [0.29, 0.717) is 0 Å². The molecular formula is C15H31NO. The summed E-state index contributed by atoms with van der Waals surface area (Å²) in [7, 11) is 0. The molecule has 0 saturated heterocycles. The molecule has 0 heterocycles. The molecule has 2 atom stereocenters. The van der Waals surface area contributed by atoms with Crippen LogP contribution in [-0.2, 0) is 4.74 Å². The Morgan fingerprint density at radius 3 is 2.71 bits per heavy atom. The van der Waals surface area contributed by atoms with E-state index in [-0.39, 0.29) is 0 Å². The molecule has 17 heavy (non-hydrogen) atoms. The Bertz CT molecular complexity index is 172. The number of rotatable bonds is 9. The normalized spacial score (nSPS) is 25.1. The van der Waals surface area contributed by atoms with Gasteiger partial charge in [0.2, 0.25) is 0 Å². The molecule has 0 bridgehead atoms. The largest absolute Gasteiger partial charge is 0.381 e. The van der Waals surface area contributed by atoms with E-state index >= 15 is 0 Å². The molecule has 0 aromatic carbocycles. The van der Waals surface area contributed by atoms with E-state index in [0.717, 1.165) is 38.1 Å². The van der Waals surface area contributed by atoms with Crippen molar-refractivity contribution in [1.82, 2.24) is 5.32 Å². The minimum absolute atomic E-state index is 0.782. The van der Waals surface area contributed by atoms with Gasteiger partial charge in [-0.3, -0.25) is 0 Å². The fourth-order valence-corrected chi connectivity index (χ4v) is 2.68. The highest BCUT2D eigenvalue weighted by molar-refractivity contribution is 4.77. The number of hydrogen-bond donors (Lipinski definition) is 1. The fraction of sp³-hybridized carbons (Fsp3) is 1.00. The van der Waals surface area contributed by atoms with Gasteiger partial charge in [0.25, 0.3) is 0 Å². The van der Waals surface area contributed by atoms with Gasteiger partial charge in [0.1, 0.15) is 0 Å². The van der Waals surface area contributed by atoms with Crippen molar-refractivity contribution in [2.45, 2.75) is 71.3 Å². The predicted molar refractivity (Wildman–Crippen MR) is 74.4 cm³/mol. The zero-order valence-electron chi connectivity index (χ0n) is 11.8. The van der Waals surface area contributed by atoms with Crippen LogP contribution in [0.2, 0.25) is 0 Å². The second-order valence-corrected chi connectivity index (χ2v) is 5.41. The molecular weight excluding hydrogens is 210 g/mol. The van der Waals surface area contributed by atoms with Gasteiger partial charge in [0, 0.05) is 19.3 Å². The topological polar surface area (TPSA) is 21.3 Å². The van der Waals surface area contributed by atoms with Crippen LogP contribution in [0.3, 0.4) is 0 Å². The first kappa shape index (κ1) is 15.0. The maximum absolute atomic E-state index is 5.57. The Morgan fingerprint density at radius 1 is 1.12 bits per heavy atom. The predicted octanol–water partition coefficient (Wildman–Crippen LogP) is 3.75. The van der Waals surface area contributed by atoms with Crippen LogP contribution in [0.4, 0.5) is 0 Å². The summed E-state index contributed by atoms with van der Waals surface area (Å²) >= 11 is 0. The lowest BCUT2D eigenvalue weighted by Gasteiger charge is -2.29. The fourth-order valence-electron chi connectivity index (χ4n) is 2.68. The van der Waals surface area contributed by atoms with Crippen molar-refractivity contribution in [3.05, 3.63) is 0 Å². The van der Waals surface area contributed by atoms with Crippen molar-refractivity contribution >= 4 is 0 Å². The number of nitrogens with one attached hydrogen (secondary N) is 1. The Labute approximate surface area is 108 Å². The second kappa shape index (κ2) is 9.90. The smallest absolute Gasteiger partial charge is 0.0478 e. The minimum atomic E-state index is 0.782. The molecule has 1 saturated carbocycles. The third-order valence-electron chi connectivity index (χ3n) is 3.90. The Morgan fingerprint density at radius 2 is 1.94 bits per heavy atom. The standard InChI is InChI=1S/C15H31NO/c1-3-5-11-17-12-7-10-16-15-9-6-8-14(4-2)13-15/h14-16H,3-13H2,1-2H3. The molecule has 2 nitrogen and oxygen atoms in total. The minimum Gasteiger partial charge on any atom is -0.381 e. The van der Waals surface area contributed by atoms with Crippen molar-refractivity contribution in [3.8, 4) is 0 Å². The van der Waals surface area contributed by atoms with Crippen molar-refractivity contribution in [2.75, 3.05) is 19.8 Å². The SMILES string of the molecule is CCCCOCCCNC1CCCC(CC)C1. The molecule has 0 aromatic heterocycles. The first-order valence-electron chi connectivity index (χ1n) is 7.68. The van der Waals surface area contributed by atoms with Gasteiger partial charge in [-0.2, -0.15) is 0 Å². The van der Waals surface area contributed by atoms with Gasteiger partial charge in [-0.05, 0) is 38.1 Å². The van der Waals surface area contributed by atoms with E-state index in [2.05, 4.69) is 19.2 Å². The summed E-state index contributed by atoms with van der Waals surface area (Å²) in [5.41, 5.74) is 0. The molecule has 0 spiro atoms. The van der Waals surface area contributed by atoms with Gasteiger partial charge in [-0.15, -0.1) is 0 Å². The van der Waals surface area contributed by atoms with Gasteiger partial charge >= 0.3 is 0 Å². The molecule has 1 aliphatic rings. The van der Waals surface area contributed by atoms with E-state index in [1.807, 2.05) is 0 Å². The summed E-state index contributed by atoms with van der Waals surface area (Å²) in [6.07, 6.45) is 10.6. The van der Waals surface area contributed by atoms with E-state index < -0.39 is 0 Å². The van der Waals surface area contributed by atoms with Gasteiger partial charge in [0.05, 0.1) is 0 Å². The van der Waals surface area contributed by atoms with Crippen molar-refractivity contribution in [1.29, 1.82) is 0 Å². The summed E-state index contributed by atoms with van der Waals surface area (Å²) in [5, 5.41) is 3.70. The molecule has 1 fully saturated rings. The maximum atomic E-state index is 5.57. The average molecular weight is 241 g/mol. The Hall–Kier alpha value is -0.0800. The summed E-state index contributed by atoms with van der Waals surface area (Å²) in [6.45, 7) is 7.54. The average Bonchev–Trinajstić information content (AvgIpc) is 2.38. The van der Waals surface area contributed by atoms with E-state index in [9.17, 15) is 0 Å². The van der Waals surface area contributed by atoms with Crippen LogP contribution in [0.5, 0.6) is 0 Å². The molecule has 0 radical (unpaired) electrons. The first-order valence-corrected chi connectivity index (χ1v) is 7.68. The van der Waals surface area contributed by atoms with Crippen LogP contribution in [0.15, 0.2) is 0 Å². The molecule has 0 amide bonds. The zero-order valence-corrected chi connectivity index (χ0v) is 11.8. The van der Waals surface area contributed by atoms with Crippen LogP contribution < -0.4 is 5.32 Å². The molecule has 2 unspecified atom stereocenters. The van der Waals surface area contributed by atoms with E-state index in [1.54, 1.807) is 0 Å². The first-order chi connectivity index (χ1) is 8.36. The summed E-state index contributed by atoms with van der Waals surface area (Å²) in [4.78, 5) is 0. The quantitative estimate of drug-likeness (QED) is 0.621. The van der Waals surface area contributed by atoms with Crippen molar-refractivity contribution < 1.29 is 4.74 Å². The van der Waals surface area contributed by atoms with Crippen LogP contribution in [-0.4, -0.2) is 25.8 Å². The molecule has 1 rings (SSSR count). The summed E-state index contributed by atoms with van der Waals surface area (Å²) in [6, 6.07) is 0.782. The van der Waals surface area contributed by atoms with Crippen LogP contribution in [0.1, 0.15) is 65.2 Å². The molecule has 1 aliphatic carbocycles. The van der Waals surface area contributed by atoms with Crippen LogP contribution in [0.25, 0.3) is 0 Å². The number of unbranched alkanes of at least 4 members (excludes halogenated alkanes) is 1. The highest BCUT2D eigenvalue weighted by atomic mass is 16.5. The third kappa shape index (κ3) is 7.05. The van der Waals surface area contributed by atoms with Crippen LogP contribution >= 0.6 is 0 Å². The lowest BCUT2D eigenvalue weighted by molar-refractivity contribution is 0.127. The third-order valence-corrected chi connectivity index (χ3v) is 3.90. The maximum Gasteiger partial charge on any atom is 0.0478 e. The highest BCUT2D eigenvalue weighted by Crippen LogP contribution is 2.26. The molecule has 2 heteroatoms. The molecule has 1 N–H and O–H groups in total. The van der Waals surface area contributed by atoms with Gasteiger partial charge in [-0.1, -0.05) is 39.5 Å². The van der Waals surface area contributed by atoms with Crippen molar-refractivity contribution in [2.24, 2.45) is 5.92 Å². The monoisotopic (exact) mass is 241 g/mol. The molecule has 0 aliphatic heterocycles. The van der Waals surface area contributed by atoms with Gasteiger partial charge < -0.3 is 10.1 Å².